The Bertz CT molecular complexity index is 920. The summed E-state index contributed by atoms with van der Waals surface area (Å²) in [4.78, 5) is 4.91. The summed E-state index contributed by atoms with van der Waals surface area (Å²) in [5.41, 5.74) is -1.07. The van der Waals surface area contributed by atoms with Crippen LogP contribution in [0, 0.1) is 34.5 Å². The number of ether oxygens (including phenoxy) is 4. The lowest BCUT2D eigenvalue weighted by Gasteiger charge is -2.47. The van der Waals surface area contributed by atoms with Crippen molar-refractivity contribution in [1.29, 1.82) is 0 Å². The van der Waals surface area contributed by atoms with E-state index in [2.05, 4.69) is 48.1 Å². The predicted octanol–water partition coefficient (Wildman–Crippen LogP) is 6.16. The lowest BCUT2D eigenvalue weighted by atomic mass is 9.70. The van der Waals surface area contributed by atoms with Crippen molar-refractivity contribution in [2.45, 2.75) is 151 Å². The Morgan fingerprint density at radius 3 is 2.14 bits per heavy atom. The highest BCUT2D eigenvalue weighted by Crippen LogP contribution is 2.43. The minimum atomic E-state index is -1.02. The van der Waals surface area contributed by atoms with Gasteiger partial charge in [-0.05, 0) is 51.4 Å². The Morgan fingerprint density at radius 1 is 0.953 bits per heavy atom. The minimum Gasteiger partial charge on any atom is -0.494 e. The maximum absolute atomic E-state index is 11.8. The standard InChI is InChI=1S/C35H65NO7/c1-14-27-33(9,10)31(37)24(6)29(36-16-17-40-13)21(3)18-35(12,39)19-22(4)30(23(5)25(7)41-27)43-28-20-34(11,15-2)32(38)26(8)42-28/h21-24,26-28,30-32,37-39H,7,14-20H2,1-6,8-13H3/t21-,22-,23?,24?,26?,27-,28+,30+,31?,32+,34-,35-/m1/s1. The quantitative estimate of drug-likeness (QED) is 0.296. The summed E-state index contributed by atoms with van der Waals surface area (Å²) >= 11 is 0. The zero-order valence-corrected chi connectivity index (χ0v) is 29.4. The summed E-state index contributed by atoms with van der Waals surface area (Å²) in [7, 11) is 1.66. The first-order valence-electron chi connectivity index (χ1n) is 16.6. The molecule has 2 saturated heterocycles. The van der Waals surface area contributed by atoms with Crippen LogP contribution < -0.4 is 0 Å². The summed E-state index contributed by atoms with van der Waals surface area (Å²) in [5, 5.41) is 34.5. The summed E-state index contributed by atoms with van der Waals surface area (Å²) in [6.45, 7) is 27.8. The topological polar surface area (TPSA) is 110 Å². The largest absolute Gasteiger partial charge is 0.494 e. The molecule has 43 heavy (non-hydrogen) atoms. The molecule has 3 N–H and O–H groups in total. The molecule has 0 aromatic rings. The number of aliphatic hydroxyl groups is 3. The van der Waals surface area contributed by atoms with Crippen LogP contribution in [0.5, 0.6) is 0 Å². The van der Waals surface area contributed by atoms with Gasteiger partial charge in [0.15, 0.2) is 6.29 Å². The zero-order chi connectivity index (χ0) is 32.9. The highest BCUT2D eigenvalue weighted by atomic mass is 16.7. The van der Waals surface area contributed by atoms with Crippen LogP contribution in [0.1, 0.15) is 108 Å². The predicted molar refractivity (Wildman–Crippen MR) is 173 cm³/mol. The van der Waals surface area contributed by atoms with Crippen LogP contribution in [-0.2, 0) is 18.9 Å². The molecule has 0 aliphatic carbocycles. The van der Waals surface area contributed by atoms with Gasteiger partial charge in [0.25, 0.3) is 0 Å². The van der Waals surface area contributed by atoms with E-state index in [0.717, 1.165) is 12.1 Å². The van der Waals surface area contributed by atoms with Crippen LogP contribution in [0.15, 0.2) is 17.3 Å². The second kappa shape index (κ2) is 15.5. The van der Waals surface area contributed by atoms with Crippen molar-refractivity contribution in [3.63, 3.8) is 0 Å². The smallest absolute Gasteiger partial charge is 0.159 e. The maximum atomic E-state index is 11.8. The third-order valence-corrected chi connectivity index (χ3v) is 10.6. The fraction of sp³-hybridized carbons (Fsp3) is 0.914. The van der Waals surface area contributed by atoms with E-state index in [-0.39, 0.29) is 47.4 Å². The van der Waals surface area contributed by atoms with Crippen LogP contribution in [0.2, 0.25) is 0 Å². The number of methoxy groups -OCH3 is 1. The van der Waals surface area contributed by atoms with Crippen LogP contribution in [-0.4, -0.2) is 83.7 Å². The maximum Gasteiger partial charge on any atom is 0.159 e. The molecule has 2 heterocycles. The van der Waals surface area contributed by atoms with Gasteiger partial charge in [0.1, 0.15) is 6.10 Å². The van der Waals surface area contributed by atoms with Gasteiger partial charge in [-0.2, -0.15) is 0 Å². The molecule has 4 unspecified atom stereocenters. The lowest BCUT2D eigenvalue weighted by molar-refractivity contribution is -0.279. The van der Waals surface area contributed by atoms with E-state index in [1.165, 1.54) is 0 Å². The van der Waals surface area contributed by atoms with Crippen molar-refractivity contribution in [1.82, 2.24) is 0 Å². The molecular formula is C35H65NO7. The van der Waals surface area contributed by atoms with Crippen molar-refractivity contribution in [3.05, 3.63) is 12.3 Å². The third kappa shape index (κ3) is 9.26. The van der Waals surface area contributed by atoms with Gasteiger partial charge in [0.05, 0.1) is 48.9 Å². The van der Waals surface area contributed by atoms with E-state index < -0.39 is 29.5 Å². The number of rotatable bonds is 7. The highest BCUT2D eigenvalue weighted by Gasteiger charge is 2.47. The second-order valence-electron chi connectivity index (χ2n) is 14.9. The minimum absolute atomic E-state index is 0.0653. The van der Waals surface area contributed by atoms with E-state index >= 15 is 0 Å². The number of hydrogen-bond acceptors (Lipinski definition) is 8. The first kappa shape index (κ1) is 38.2. The molecule has 0 saturated carbocycles. The van der Waals surface area contributed by atoms with Gasteiger partial charge in [0, 0.05) is 41.9 Å². The summed E-state index contributed by atoms with van der Waals surface area (Å²) in [5.74, 6) is 0.00732. The molecule has 0 aromatic heterocycles. The van der Waals surface area contributed by atoms with Gasteiger partial charge in [0.2, 0.25) is 0 Å². The summed E-state index contributed by atoms with van der Waals surface area (Å²) in [6.07, 6.45) is 0.233. The molecule has 2 rings (SSSR count). The van der Waals surface area contributed by atoms with Gasteiger partial charge in [-0.3, -0.25) is 4.99 Å². The van der Waals surface area contributed by atoms with Gasteiger partial charge in [-0.1, -0.05) is 68.9 Å². The Balaban J connectivity index is 2.54. The molecule has 8 nitrogen and oxygen atoms in total. The molecule has 0 aromatic carbocycles. The van der Waals surface area contributed by atoms with E-state index in [4.69, 9.17) is 23.9 Å². The van der Waals surface area contributed by atoms with Gasteiger partial charge in [-0.25, -0.2) is 0 Å². The molecule has 0 spiro atoms. The monoisotopic (exact) mass is 611 g/mol. The average Bonchev–Trinajstić information content (AvgIpc) is 2.92. The van der Waals surface area contributed by atoms with Gasteiger partial charge in [-0.15, -0.1) is 0 Å². The average molecular weight is 612 g/mol. The molecule has 0 radical (unpaired) electrons. The van der Waals surface area contributed by atoms with Crippen LogP contribution in [0.25, 0.3) is 0 Å². The fourth-order valence-corrected chi connectivity index (χ4v) is 7.69. The number of nitrogens with zero attached hydrogens (tertiary/aromatic N) is 1. The number of hydrogen-bond donors (Lipinski definition) is 3. The molecule has 252 valence electrons. The van der Waals surface area contributed by atoms with E-state index in [1.54, 1.807) is 7.11 Å². The summed E-state index contributed by atoms with van der Waals surface area (Å²) < 4.78 is 24.9. The summed E-state index contributed by atoms with van der Waals surface area (Å²) in [6, 6.07) is 0. The molecule has 2 aliphatic heterocycles. The lowest BCUT2D eigenvalue weighted by Crippen LogP contribution is -2.52. The SMILES string of the molecule is C=C1O[C@H](CC)C(C)(C)C(O)C(C)C(=NCCOC)[C@H](C)C[C@@](C)(O)C[C@@H](C)[C@H](O[C@H]2C[C@@](C)(CC)[C@@H](O)C(C)O2)C1C. The molecule has 2 aliphatic rings. The Hall–Kier alpha value is -1.03. The molecule has 0 amide bonds. The molecule has 12 atom stereocenters. The Morgan fingerprint density at radius 2 is 1.58 bits per heavy atom. The van der Waals surface area contributed by atoms with Gasteiger partial charge >= 0.3 is 0 Å². The van der Waals surface area contributed by atoms with E-state index in [9.17, 15) is 15.3 Å². The third-order valence-electron chi connectivity index (χ3n) is 10.6. The molecule has 0 bridgehead atoms. The Kier molecular flexibility index (Phi) is 13.8. The van der Waals surface area contributed by atoms with E-state index in [0.29, 0.717) is 44.6 Å². The Labute approximate surface area is 262 Å². The van der Waals surface area contributed by atoms with Crippen LogP contribution in [0.3, 0.4) is 0 Å². The molecule has 8 heteroatoms. The van der Waals surface area contributed by atoms with Crippen molar-refractivity contribution in [2.75, 3.05) is 20.3 Å². The molecular weight excluding hydrogens is 546 g/mol. The van der Waals surface area contributed by atoms with Crippen molar-refractivity contribution in [3.8, 4) is 0 Å². The first-order chi connectivity index (χ1) is 19.8. The zero-order valence-electron chi connectivity index (χ0n) is 29.4. The van der Waals surface area contributed by atoms with Crippen LogP contribution in [0.4, 0.5) is 0 Å². The number of aliphatic hydroxyl groups excluding tert-OH is 2. The molecule has 2 fully saturated rings. The highest BCUT2D eigenvalue weighted by molar-refractivity contribution is 5.89. The van der Waals surface area contributed by atoms with Crippen molar-refractivity contribution >= 4 is 5.71 Å². The normalized spacial score (nSPS) is 44.5. The second-order valence-corrected chi connectivity index (χ2v) is 14.9. The van der Waals surface area contributed by atoms with Crippen molar-refractivity contribution < 1.29 is 34.3 Å². The first-order valence-corrected chi connectivity index (χ1v) is 16.6. The number of aliphatic imine (C=N–C) groups is 1. The van der Waals surface area contributed by atoms with Crippen LogP contribution >= 0.6 is 0 Å². The fourth-order valence-electron chi connectivity index (χ4n) is 7.69. The van der Waals surface area contributed by atoms with E-state index in [1.807, 2.05) is 34.6 Å². The van der Waals surface area contributed by atoms with Crippen molar-refractivity contribution in [2.24, 2.45) is 39.5 Å². The van der Waals surface area contributed by atoms with Gasteiger partial charge < -0.3 is 34.3 Å².